The molecule has 0 radical (unpaired) electrons. The van der Waals surface area contributed by atoms with Gasteiger partial charge in [0.1, 0.15) is 0 Å². The van der Waals surface area contributed by atoms with Crippen LogP contribution in [0.15, 0.2) is 30.3 Å². The van der Waals surface area contributed by atoms with E-state index in [1.165, 1.54) is 30.4 Å². The smallest absolute Gasteiger partial charge is 0.0136 e. The fourth-order valence-corrected chi connectivity index (χ4v) is 3.09. The van der Waals surface area contributed by atoms with Gasteiger partial charge in [-0.2, -0.15) is 0 Å². The molecule has 110 valence electrons. The molecule has 0 saturated heterocycles. The summed E-state index contributed by atoms with van der Waals surface area (Å²) in [6.07, 6.45) is 7.37. The van der Waals surface area contributed by atoms with E-state index >= 15 is 0 Å². The normalized spacial score (nSPS) is 19.2. The summed E-state index contributed by atoms with van der Waals surface area (Å²) in [6, 6.07) is 9.17. The summed E-state index contributed by atoms with van der Waals surface area (Å²) >= 11 is 1.82. The number of hydrogen-bond acceptors (Lipinski definition) is 2. The molecule has 2 heteroatoms. The standard InChI is InChI=1S/C18H27NS/c1-14(2)20-19-13-12-16-6-10-18(11-7-16)17-8-4-15(3)5-9-17/h6-8,10-11,14-15,19H,4-5,9,12-13H2,1-3H3. The molecule has 1 unspecified atom stereocenters. The maximum atomic E-state index is 3.42. The third kappa shape index (κ3) is 4.99. The molecule has 0 saturated carbocycles. The van der Waals surface area contributed by atoms with E-state index < -0.39 is 0 Å². The number of allylic oxidation sites excluding steroid dienone is 2. The van der Waals surface area contributed by atoms with Crippen molar-refractivity contribution in [3.63, 3.8) is 0 Å². The number of benzene rings is 1. The van der Waals surface area contributed by atoms with Crippen LogP contribution in [0, 0.1) is 5.92 Å². The van der Waals surface area contributed by atoms with Crippen molar-refractivity contribution in [2.75, 3.05) is 6.54 Å². The molecule has 2 rings (SSSR count). The van der Waals surface area contributed by atoms with Crippen LogP contribution in [0.4, 0.5) is 0 Å². The van der Waals surface area contributed by atoms with Gasteiger partial charge in [-0.15, -0.1) is 0 Å². The zero-order valence-corrected chi connectivity index (χ0v) is 13.8. The van der Waals surface area contributed by atoms with Crippen molar-refractivity contribution in [2.45, 2.75) is 51.7 Å². The van der Waals surface area contributed by atoms with Gasteiger partial charge < -0.3 is 0 Å². The third-order valence-corrected chi connectivity index (χ3v) is 4.67. The van der Waals surface area contributed by atoms with E-state index in [2.05, 4.69) is 55.8 Å². The first-order chi connectivity index (χ1) is 9.65. The van der Waals surface area contributed by atoms with Gasteiger partial charge in [0.15, 0.2) is 0 Å². The average Bonchev–Trinajstić information content (AvgIpc) is 2.45. The molecule has 1 aliphatic rings. The molecular weight excluding hydrogens is 262 g/mol. The lowest BCUT2D eigenvalue weighted by atomic mass is 9.87. The monoisotopic (exact) mass is 289 g/mol. The van der Waals surface area contributed by atoms with Gasteiger partial charge >= 0.3 is 0 Å². The van der Waals surface area contributed by atoms with Crippen molar-refractivity contribution in [1.29, 1.82) is 0 Å². The Kier molecular flexibility index (Phi) is 6.18. The second-order valence-electron chi connectivity index (χ2n) is 6.12. The van der Waals surface area contributed by atoms with Gasteiger partial charge in [-0.25, -0.2) is 0 Å². The van der Waals surface area contributed by atoms with Gasteiger partial charge in [-0.3, -0.25) is 4.72 Å². The Labute approximate surface area is 128 Å². The summed E-state index contributed by atoms with van der Waals surface area (Å²) in [6.45, 7) is 7.82. The predicted octanol–water partition coefficient (Wildman–Crippen LogP) is 5.08. The molecule has 0 aromatic heterocycles. The first kappa shape index (κ1) is 15.7. The van der Waals surface area contributed by atoms with E-state index in [9.17, 15) is 0 Å². The second-order valence-corrected chi connectivity index (χ2v) is 7.58. The first-order valence-corrected chi connectivity index (χ1v) is 8.70. The highest BCUT2D eigenvalue weighted by molar-refractivity contribution is 7.97. The van der Waals surface area contributed by atoms with Crippen molar-refractivity contribution in [3.05, 3.63) is 41.5 Å². The highest BCUT2D eigenvalue weighted by Gasteiger charge is 2.11. The summed E-state index contributed by atoms with van der Waals surface area (Å²) in [5.41, 5.74) is 4.39. The zero-order chi connectivity index (χ0) is 14.4. The lowest BCUT2D eigenvalue weighted by molar-refractivity contribution is 0.534. The molecule has 1 aromatic carbocycles. The van der Waals surface area contributed by atoms with Crippen LogP contribution in [0.3, 0.4) is 0 Å². The van der Waals surface area contributed by atoms with E-state index in [0.717, 1.165) is 18.9 Å². The van der Waals surface area contributed by atoms with E-state index in [-0.39, 0.29) is 0 Å². The summed E-state index contributed by atoms with van der Waals surface area (Å²) < 4.78 is 3.42. The summed E-state index contributed by atoms with van der Waals surface area (Å²) in [7, 11) is 0. The van der Waals surface area contributed by atoms with Gasteiger partial charge in [0.05, 0.1) is 0 Å². The van der Waals surface area contributed by atoms with Crippen LogP contribution in [0.1, 0.15) is 51.2 Å². The summed E-state index contributed by atoms with van der Waals surface area (Å²) in [5, 5.41) is 0.651. The summed E-state index contributed by atoms with van der Waals surface area (Å²) in [4.78, 5) is 0. The Morgan fingerprint density at radius 2 is 2.00 bits per heavy atom. The molecule has 1 N–H and O–H groups in total. The van der Waals surface area contributed by atoms with Gasteiger partial charge in [0.2, 0.25) is 0 Å². The molecule has 1 aliphatic carbocycles. The first-order valence-electron chi connectivity index (χ1n) is 7.82. The zero-order valence-electron chi connectivity index (χ0n) is 13.0. The van der Waals surface area contributed by atoms with Crippen molar-refractivity contribution in [2.24, 2.45) is 5.92 Å². The van der Waals surface area contributed by atoms with Crippen LogP contribution in [-0.2, 0) is 6.42 Å². The van der Waals surface area contributed by atoms with E-state index in [1.54, 1.807) is 5.57 Å². The average molecular weight is 289 g/mol. The third-order valence-electron chi connectivity index (χ3n) is 3.83. The molecule has 20 heavy (non-hydrogen) atoms. The van der Waals surface area contributed by atoms with E-state index in [4.69, 9.17) is 0 Å². The predicted molar refractivity (Wildman–Crippen MR) is 91.9 cm³/mol. The van der Waals surface area contributed by atoms with Crippen LogP contribution >= 0.6 is 11.9 Å². The van der Waals surface area contributed by atoms with Crippen LogP contribution < -0.4 is 4.72 Å². The lowest BCUT2D eigenvalue weighted by Gasteiger charge is -2.18. The molecule has 1 aromatic rings. The number of rotatable bonds is 6. The Morgan fingerprint density at radius 3 is 2.60 bits per heavy atom. The number of nitrogens with one attached hydrogen (secondary N) is 1. The molecule has 0 bridgehead atoms. The minimum Gasteiger partial charge on any atom is -0.264 e. The molecule has 0 aliphatic heterocycles. The van der Waals surface area contributed by atoms with Crippen LogP contribution in [0.25, 0.3) is 5.57 Å². The van der Waals surface area contributed by atoms with Crippen molar-refractivity contribution >= 4 is 17.5 Å². The molecule has 1 nitrogen and oxygen atoms in total. The highest BCUT2D eigenvalue weighted by Crippen LogP contribution is 2.29. The van der Waals surface area contributed by atoms with Crippen molar-refractivity contribution in [3.8, 4) is 0 Å². The van der Waals surface area contributed by atoms with Gasteiger partial charge in [-0.1, -0.05) is 63.1 Å². The Morgan fingerprint density at radius 1 is 1.25 bits per heavy atom. The quantitative estimate of drug-likeness (QED) is 0.579. The molecule has 1 atom stereocenters. The Balaban J connectivity index is 1.84. The SMILES string of the molecule is CC1CC=C(c2ccc(CCNSC(C)C)cc2)CC1. The van der Waals surface area contributed by atoms with Gasteiger partial charge in [-0.05, 0) is 48.3 Å². The highest BCUT2D eigenvalue weighted by atomic mass is 32.2. The molecule has 0 heterocycles. The van der Waals surface area contributed by atoms with E-state index in [1.807, 2.05) is 11.9 Å². The van der Waals surface area contributed by atoms with Crippen LogP contribution in [-0.4, -0.2) is 11.8 Å². The fourth-order valence-electron chi connectivity index (χ4n) is 2.53. The minimum absolute atomic E-state index is 0.651. The second kappa shape index (κ2) is 7.90. The van der Waals surface area contributed by atoms with Crippen molar-refractivity contribution in [1.82, 2.24) is 4.72 Å². The maximum absolute atomic E-state index is 3.42. The lowest BCUT2D eigenvalue weighted by Crippen LogP contribution is -2.11. The van der Waals surface area contributed by atoms with Crippen LogP contribution in [0.2, 0.25) is 0 Å². The molecule has 0 amide bonds. The minimum atomic E-state index is 0.651. The molecular formula is C18H27NS. The Bertz CT molecular complexity index is 433. The maximum Gasteiger partial charge on any atom is 0.0136 e. The fraction of sp³-hybridized carbons (Fsp3) is 0.556. The Hall–Kier alpha value is -0.730. The summed E-state index contributed by atoms with van der Waals surface area (Å²) in [5.74, 6) is 0.863. The van der Waals surface area contributed by atoms with Crippen LogP contribution in [0.5, 0.6) is 0 Å². The van der Waals surface area contributed by atoms with Crippen molar-refractivity contribution < 1.29 is 0 Å². The topological polar surface area (TPSA) is 12.0 Å². The number of hydrogen-bond donors (Lipinski definition) is 1. The molecule has 0 fully saturated rings. The molecule has 0 spiro atoms. The van der Waals surface area contributed by atoms with Gasteiger partial charge in [0, 0.05) is 11.8 Å². The van der Waals surface area contributed by atoms with Gasteiger partial charge in [0.25, 0.3) is 0 Å². The largest absolute Gasteiger partial charge is 0.264 e. The van der Waals surface area contributed by atoms with E-state index in [0.29, 0.717) is 5.25 Å².